The number of rotatable bonds is 5. The molecule has 0 aromatic heterocycles. The van der Waals surface area contributed by atoms with Crippen molar-refractivity contribution < 1.29 is 13.2 Å². The second-order valence-corrected chi connectivity index (χ2v) is 7.12. The molecule has 1 aliphatic heterocycles. The highest BCUT2D eigenvalue weighted by Gasteiger charge is 2.34. The Morgan fingerprint density at radius 3 is 2.53 bits per heavy atom. The van der Waals surface area contributed by atoms with Gasteiger partial charge in [-0.2, -0.15) is 0 Å². The minimum Gasteiger partial charge on any atom is -0.338 e. The zero-order valence-corrected chi connectivity index (χ0v) is 11.0. The van der Waals surface area contributed by atoms with Gasteiger partial charge in [-0.25, -0.2) is 8.42 Å². The van der Waals surface area contributed by atoms with Crippen molar-refractivity contribution in [2.45, 2.75) is 38.3 Å². The van der Waals surface area contributed by atoms with Gasteiger partial charge in [-0.05, 0) is 26.2 Å². The lowest BCUT2D eigenvalue weighted by molar-refractivity contribution is -0.131. The number of hydrogen-bond donors (Lipinski definition) is 1. The summed E-state index contributed by atoms with van der Waals surface area (Å²) in [6.45, 7) is 2.83. The van der Waals surface area contributed by atoms with Crippen molar-refractivity contribution in [3.8, 4) is 0 Å². The molecule has 1 saturated carbocycles. The van der Waals surface area contributed by atoms with Crippen LogP contribution in [0.3, 0.4) is 0 Å². The Morgan fingerprint density at radius 1 is 1.35 bits per heavy atom. The molecule has 17 heavy (non-hydrogen) atoms. The van der Waals surface area contributed by atoms with Crippen molar-refractivity contribution >= 4 is 15.7 Å². The van der Waals surface area contributed by atoms with Gasteiger partial charge in [0.05, 0.1) is 18.1 Å². The average molecular weight is 260 g/mol. The fourth-order valence-electron chi connectivity index (χ4n) is 2.28. The maximum atomic E-state index is 12.0. The van der Waals surface area contributed by atoms with Crippen LogP contribution in [0.2, 0.25) is 0 Å². The zero-order valence-electron chi connectivity index (χ0n) is 10.2. The van der Waals surface area contributed by atoms with Gasteiger partial charge in [0.2, 0.25) is 5.91 Å². The first-order valence-electron chi connectivity index (χ1n) is 6.25. The molecule has 1 aliphatic carbocycles. The van der Waals surface area contributed by atoms with Crippen LogP contribution in [0, 0.1) is 0 Å². The maximum absolute atomic E-state index is 12.0. The van der Waals surface area contributed by atoms with E-state index in [1.54, 1.807) is 4.90 Å². The van der Waals surface area contributed by atoms with Crippen molar-refractivity contribution in [1.29, 1.82) is 0 Å². The second-order valence-electron chi connectivity index (χ2n) is 4.89. The fourth-order valence-corrected chi connectivity index (χ4v) is 4.01. The summed E-state index contributed by atoms with van der Waals surface area (Å²) in [7, 11) is -2.92. The molecule has 2 aliphatic rings. The van der Waals surface area contributed by atoms with E-state index in [1.165, 1.54) is 0 Å². The Bertz CT molecular complexity index is 390. The lowest BCUT2D eigenvalue weighted by Crippen LogP contribution is -2.45. The van der Waals surface area contributed by atoms with Crippen molar-refractivity contribution in [2.75, 3.05) is 24.6 Å². The standard InChI is InChI=1S/C11H20N2O3S/c1-2-13(10-5-6-17(15,16)8-10)11(14)7-12-9-3-4-9/h9-10,12H,2-8H2,1H3. The third kappa shape index (κ3) is 3.42. The minimum atomic E-state index is -2.92. The number of amides is 1. The van der Waals surface area contributed by atoms with Crippen molar-refractivity contribution in [1.82, 2.24) is 10.2 Å². The van der Waals surface area contributed by atoms with E-state index in [1.807, 2.05) is 6.92 Å². The van der Waals surface area contributed by atoms with E-state index in [0.717, 1.165) is 12.8 Å². The first-order valence-corrected chi connectivity index (χ1v) is 8.07. The van der Waals surface area contributed by atoms with Crippen LogP contribution >= 0.6 is 0 Å². The van der Waals surface area contributed by atoms with Gasteiger partial charge >= 0.3 is 0 Å². The molecule has 6 heteroatoms. The van der Waals surface area contributed by atoms with Crippen LogP contribution in [0.4, 0.5) is 0 Å². The Morgan fingerprint density at radius 2 is 2.06 bits per heavy atom. The molecule has 1 N–H and O–H groups in total. The van der Waals surface area contributed by atoms with Crippen molar-refractivity contribution in [3.05, 3.63) is 0 Å². The number of likely N-dealkylation sites (N-methyl/N-ethyl adjacent to an activating group) is 1. The molecule has 0 bridgehead atoms. The second kappa shape index (κ2) is 4.94. The maximum Gasteiger partial charge on any atom is 0.236 e. The summed E-state index contributed by atoms with van der Waals surface area (Å²) in [6.07, 6.45) is 2.89. The lowest BCUT2D eigenvalue weighted by atomic mass is 10.2. The van der Waals surface area contributed by atoms with E-state index in [9.17, 15) is 13.2 Å². The van der Waals surface area contributed by atoms with Gasteiger partial charge in [0.1, 0.15) is 0 Å². The number of carbonyl (C=O) groups excluding carboxylic acids is 1. The number of nitrogens with zero attached hydrogens (tertiary/aromatic N) is 1. The summed E-state index contributed by atoms with van der Waals surface area (Å²) in [5.41, 5.74) is 0. The van der Waals surface area contributed by atoms with Crippen molar-refractivity contribution in [3.63, 3.8) is 0 Å². The average Bonchev–Trinajstić information content (AvgIpc) is 3.02. The molecule has 98 valence electrons. The van der Waals surface area contributed by atoms with Gasteiger partial charge in [-0.3, -0.25) is 4.79 Å². The normalized spacial score (nSPS) is 27.0. The van der Waals surface area contributed by atoms with Gasteiger partial charge in [0.15, 0.2) is 9.84 Å². The van der Waals surface area contributed by atoms with Crippen LogP contribution in [0.1, 0.15) is 26.2 Å². The lowest BCUT2D eigenvalue weighted by Gasteiger charge is -2.27. The molecule has 1 amide bonds. The Labute approximate surface area is 102 Å². The molecule has 1 heterocycles. The highest BCUT2D eigenvalue weighted by atomic mass is 32.2. The predicted molar refractivity (Wildman–Crippen MR) is 65.5 cm³/mol. The molecule has 2 fully saturated rings. The van der Waals surface area contributed by atoms with Crippen LogP contribution in [-0.4, -0.2) is 55.9 Å². The number of sulfone groups is 1. The van der Waals surface area contributed by atoms with Crippen LogP contribution < -0.4 is 5.32 Å². The first kappa shape index (κ1) is 12.8. The van der Waals surface area contributed by atoms with E-state index in [0.29, 0.717) is 25.6 Å². The third-order valence-electron chi connectivity index (χ3n) is 3.43. The largest absolute Gasteiger partial charge is 0.338 e. The van der Waals surface area contributed by atoms with Gasteiger partial charge < -0.3 is 10.2 Å². The number of hydrogen-bond acceptors (Lipinski definition) is 4. The highest BCUT2D eigenvalue weighted by molar-refractivity contribution is 7.91. The summed E-state index contributed by atoms with van der Waals surface area (Å²) in [6, 6.07) is 0.392. The van der Waals surface area contributed by atoms with Crippen molar-refractivity contribution in [2.24, 2.45) is 0 Å². The third-order valence-corrected chi connectivity index (χ3v) is 5.18. The Hall–Kier alpha value is -0.620. The van der Waals surface area contributed by atoms with Crippen LogP contribution in [0.5, 0.6) is 0 Å². The Balaban J connectivity index is 1.88. The van der Waals surface area contributed by atoms with E-state index in [4.69, 9.17) is 0 Å². The van der Waals surface area contributed by atoms with Gasteiger partial charge in [-0.1, -0.05) is 0 Å². The molecular formula is C11H20N2O3S. The van der Waals surface area contributed by atoms with E-state index in [2.05, 4.69) is 5.32 Å². The molecule has 2 rings (SSSR count). The summed E-state index contributed by atoms with van der Waals surface area (Å²) in [4.78, 5) is 13.7. The smallest absolute Gasteiger partial charge is 0.236 e. The number of carbonyl (C=O) groups is 1. The molecule has 1 saturated heterocycles. The van der Waals surface area contributed by atoms with E-state index < -0.39 is 9.84 Å². The monoisotopic (exact) mass is 260 g/mol. The van der Waals surface area contributed by atoms with E-state index in [-0.39, 0.29) is 23.5 Å². The van der Waals surface area contributed by atoms with E-state index >= 15 is 0 Å². The zero-order chi connectivity index (χ0) is 12.5. The van der Waals surface area contributed by atoms with Crippen LogP contribution in [-0.2, 0) is 14.6 Å². The number of nitrogens with one attached hydrogen (secondary N) is 1. The first-order chi connectivity index (χ1) is 8.02. The molecule has 1 atom stereocenters. The van der Waals surface area contributed by atoms with Crippen LogP contribution in [0.15, 0.2) is 0 Å². The summed E-state index contributed by atoms with van der Waals surface area (Å²) < 4.78 is 22.8. The van der Waals surface area contributed by atoms with Gasteiger partial charge in [0, 0.05) is 18.6 Å². The quantitative estimate of drug-likeness (QED) is 0.742. The molecule has 1 unspecified atom stereocenters. The minimum absolute atomic E-state index is 0.0292. The molecule has 0 aromatic carbocycles. The Kier molecular flexibility index (Phi) is 3.73. The molecule has 5 nitrogen and oxygen atoms in total. The molecule has 0 radical (unpaired) electrons. The summed E-state index contributed by atoms with van der Waals surface area (Å²) in [5, 5.41) is 3.17. The molecule has 0 aromatic rings. The summed E-state index contributed by atoms with van der Waals surface area (Å²) >= 11 is 0. The van der Waals surface area contributed by atoms with Gasteiger partial charge in [-0.15, -0.1) is 0 Å². The predicted octanol–water partition coefficient (Wildman–Crippen LogP) is -0.226. The highest BCUT2D eigenvalue weighted by Crippen LogP contribution is 2.20. The fraction of sp³-hybridized carbons (Fsp3) is 0.909. The topological polar surface area (TPSA) is 66.5 Å². The molecule has 0 spiro atoms. The molecular weight excluding hydrogens is 240 g/mol. The SMILES string of the molecule is CCN(C(=O)CNC1CC1)C1CCS(=O)(=O)C1. The van der Waals surface area contributed by atoms with Crippen LogP contribution in [0.25, 0.3) is 0 Å². The van der Waals surface area contributed by atoms with Gasteiger partial charge in [0.25, 0.3) is 0 Å². The summed E-state index contributed by atoms with van der Waals surface area (Å²) in [5.74, 6) is 0.384.